The summed E-state index contributed by atoms with van der Waals surface area (Å²) >= 11 is 5.80. The molecular weight excluding hydrogens is 291 g/mol. The van der Waals surface area contributed by atoms with Gasteiger partial charge in [-0.1, -0.05) is 11.6 Å². The summed E-state index contributed by atoms with van der Waals surface area (Å²) in [7, 11) is -1.99. The zero-order chi connectivity index (χ0) is 14.0. The van der Waals surface area contributed by atoms with E-state index in [4.69, 9.17) is 11.6 Å². The maximum absolute atomic E-state index is 13.7. The first kappa shape index (κ1) is 14.7. The Balaban J connectivity index is 2.27. The molecule has 19 heavy (non-hydrogen) atoms. The molecule has 0 atom stereocenters. The van der Waals surface area contributed by atoms with Gasteiger partial charge in [0.2, 0.25) is 10.0 Å². The van der Waals surface area contributed by atoms with E-state index in [9.17, 15) is 12.8 Å². The predicted octanol–water partition coefficient (Wildman–Crippen LogP) is 1.89. The predicted molar refractivity (Wildman–Crippen MR) is 72.1 cm³/mol. The third-order valence-corrected chi connectivity index (χ3v) is 4.84. The van der Waals surface area contributed by atoms with Crippen LogP contribution in [0.5, 0.6) is 0 Å². The highest BCUT2D eigenvalue weighted by atomic mass is 35.5. The minimum Gasteiger partial charge on any atom is -0.316 e. The SMILES string of the molecule is CNCc1cc(S(=O)(=O)NCC2CC2)cc(F)c1Cl. The molecule has 0 aromatic heterocycles. The summed E-state index contributed by atoms with van der Waals surface area (Å²) < 4.78 is 40.2. The highest BCUT2D eigenvalue weighted by Crippen LogP contribution is 2.29. The third kappa shape index (κ3) is 3.66. The van der Waals surface area contributed by atoms with E-state index < -0.39 is 15.8 Å². The first-order valence-corrected chi connectivity index (χ1v) is 7.92. The lowest BCUT2D eigenvalue weighted by Crippen LogP contribution is -2.26. The van der Waals surface area contributed by atoms with Gasteiger partial charge in [-0.2, -0.15) is 0 Å². The summed E-state index contributed by atoms with van der Waals surface area (Å²) in [6, 6.07) is 2.36. The Hall–Kier alpha value is -0.690. The van der Waals surface area contributed by atoms with Crippen LogP contribution in [0.4, 0.5) is 4.39 Å². The second-order valence-electron chi connectivity index (χ2n) is 4.70. The minimum atomic E-state index is -3.67. The van der Waals surface area contributed by atoms with Crippen molar-refractivity contribution in [3.63, 3.8) is 0 Å². The van der Waals surface area contributed by atoms with Gasteiger partial charge in [-0.15, -0.1) is 0 Å². The summed E-state index contributed by atoms with van der Waals surface area (Å²) in [4.78, 5) is -0.0831. The van der Waals surface area contributed by atoms with Gasteiger partial charge in [-0.3, -0.25) is 0 Å². The molecular formula is C12H16ClFN2O2S. The number of benzene rings is 1. The molecule has 0 bridgehead atoms. The lowest BCUT2D eigenvalue weighted by molar-refractivity contribution is 0.573. The monoisotopic (exact) mass is 306 g/mol. The van der Waals surface area contributed by atoms with Crippen LogP contribution >= 0.6 is 11.6 Å². The molecule has 4 nitrogen and oxygen atoms in total. The van der Waals surface area contributed by atoms with Crippen molar-refractivity contribution in [3.05, 3.63) is 28.5 Å². The molecule has 0 heterocycles. The van der Waals surface area contributed by atoms with Gasteiger partial charge >= 0.3 is 0 Å². The van der Waals surface area contributed by atoms with E-state index in [1.807, 2.05) is 0 Å². The number of hydrogen-bond donors (Lipinski definition) is 2. The van der Waals surface area contributed by atoms with E-state index in [1.54, 1.807) is 7.05 Å². The lowest BCUT2D eigenvalue weighted by Gasteiger charge is -2.10. The Labute approximate surface area is 117 Å². The molecule has 106 valence electrons. The molecule has 1 aliphatic rings. The largest absolute Gasteiger partial charge is 0.316 e. The van der Waals surface area contributed by atoms with Crippen molar-refractivity contribution in [2.24, 2.45) is 5.92 Å². The summed E-state index contributed by atoms with van der Waals surface area (Å²) in [6.07, 6.45) is 2.09. The Morgan fingerprint density at radius 3 is 2.68 bits per heavy atom. The fraction of sp³-hybridized carbons (Fsp3) is 0.500. The summed E-state index contributed by atoms with van der Waals surface area (Å²) in [5, 5.41) is 2.78. The molecule has 1 saturated carbocycles. The minimum absolute atomic E-state index is 0.0458. The van der Waals surface area contributed by atoms with Crippen LogP contribution in [0.25, 0.3) is 0 Å². The van der Waals surface area contributed by atoms with Gasteiger partial charge in [0, 0.05) is 13.1 Å². The number of sulfonamides is 1. The Kier molecular flexibility index (Phi) is 4.45. The molecule has 0 amide bonds. The second-order valence-corrected chi connectivity index (χ2v) is 6.85. The smallest absolute Gasteiger partial charge is 0.240 e. The molecule has 7 heteroatoms. The Bertz CT molecular complexity index is 573. The summed E-state index contributed by atoms with van der Waals surface area (Å²) in [5.41, 5.74) is 0.427. The van der Waals surface area contributed by atoms with E-state index in [1.165, 1.54) is 6.07 Å². The molecule has 0 unspecified atom stereocenters. The van der Waals surface area contributed by atoms with Crippen LogP contribution < -0.4 is 10.0 Å². The van der Waals surface area contributed by atoms with E-state index in [0.717, 1.165) is 18.9 Å². The van der Waals surface area contributed by atoms with Crippen LogP contribution in [0, 0.1) is 11.7 Å². The Morgan fingerprint density at radius 1 is 1.42 bits per heavy atom. The molecule has 0 spiro atoms. The van der Waals surface area contributed by atoms with Crippen LogP contribution in [0.1, 0.15) is 18.4 Å². The maximum atomic E-state index is 13.7. The van der Waals surface area contributed by atoms with Crippen molar-refractivity contribution in [1.82, 2.24) is 10.0 Å². The zero-order valence-electron chi connectivity index (χ0n) is 10.5. The molecule has 0 radical (unpaired) electrons. The van der Waals surface area contributed by atoms with Gasteiger partial charge in [0.15, 0.2) is 0 Å². The van der Waals surface area contributed by atoms with Gasteiger partial charge < -0.3 is 5.32 Å². The van der Waals surface area contributed by atoms with Crippen molar-refractivity contribution >= 4 is 21.6 Å². The average molecular weight is 307 g/mol. The standard InChI is InChI=1S/C12H16ClFN2O2S/c1-15-7-9-4-10(5-11(14)12(9)13)19(17,18)16-6-8-2-3-8/h4-5,8,15-16H,2-3,6-7H2,1H3. The van der Waals surface area contributed by atoms with Crippen molar-refractivity contribution < 1.29 is 12.8 Å². The van der Waals surface area contributed by atoms with Crippen LogP contribution in [-0.4, -0.2) is 22.0 Å². The molecule has 2 N–H and O–H groups in total. The third-order valence-electron chi connectivity index (χ3n) is 3.01. The highest BCUT2D eigenvalue weighted by molar-refractivity contribution is 7.89. The fourth-order valence-corrected chi connectivity index (χ4v) is 3.08. The van der Waals surface area contributed by atoms with Gasteiger partial charge in [0.1, 0.15) is 5.82 Å². The summed E-state index contributed by atoms with van der Waals surface area (Å²) in [6.45, 7) is 0.718. The van der Waals surface area contributed by atoms with Gasteiger partial charge in [-0.25, -0.2) is 17.5 Å². The van der Waals surface area contributed by atoms with Gasteiger partial charge in [0.25, 0.3) is 0 Å². The molecule has 1 aliphatic carbocycles. The average Bonchev–Trinajstić information content (AvgIpc) is 3.16. The number of rotatable bonds is 6. The zero-order valence-corrected chi connectivity index (χ0v) is 12.1. The van der Waals surface area contributed by atoms with Gasteiger partial charge in [-0.05, 0) is 43.5 Å². The topological polar surface area (TPSA) is 58.2 Å². The van der Waals surface area contributed by atoms with Crippen LogP contribution in [-0.2, 0) is 16.6 Å². The van der Waals surface area contributed by atoms with E-state index >= 15 is 0 Å². The maximum Gasteiger partial charge on any atom is 0.240 e. The number of hydrogen-bond acceptors (Lipinski definition) is 3. The lowest BCUT2D eigenvalue weighted by atomic mass is 10.2. The van der Waals surface area contributed by atoms with Crippen LogP contribution in [0.2, 0.25) is 5.02 Å². The van der Waals surface area contributed by atoms with Crippen molar-refractivity contribution in [2.45, 2.75) is 24.3 Å². The van der Waals surface area contributed by atoms with E-state index in [2.05, 4.69) is 10.0 Å². The molecule has 0 saturated heterocycles. The van der Waals surface area contributed by atoms with E-state index in [0.29, 0.717) is 24.6 Å². The normalized spacial score (nSPS) is 15.7. The first-order valence-electron chi connectivity index (χ1n) is 6.06. The summed E-state index contributed by atoms with van der Waals surface area (Å²) in [5.74, 6) is -0.301. The molecule has 2 rings (SSSR count). The van der Waals surface area contributed by atoms with Crippen LogP contribution in [0.3, 0.4) is 0 Å². The van der Waals surface area contributed by atoms with Crippen molar-refractivity contribution in [2.75, 3.05) is 13.6 Å². The number of halogens is 2. The number of nitrogens with one attached hydrogen (secondary N) is 2. The van der Waals surface area contributed by atoms with Gasteiger partial charge in [0.05, 0.1) is 9.92 Å². The van der Waals surface area contributed by atoms with E-state index in [-0.39, 0.29) is 9.92 Å². The molecule has 1 aromatic rings. The fourth-order valence-electron chi connectivity index (χ4n) is 1.73. The molecule has 1 fully saturated rings. The van der Waals surface area contributed by atoms with Crippen molar-refractivity contribution in [3.8, 4) is 0 Å². The highest BCUT2D eigenvalue weighted by Gasteiger charge is 2.25. The van der Waals surface area contributed by atoms with Crippen LogP contribution in [0.15, 0.2) is 17.0 Å². The first-order chi connectivity index (χ1) is 8.94. The quantitative estimate of drug-likeness (QED) is 0.844. The molecule has 0 aliphatic heterocycles. The molecule has 1 aromatic carbocycles. The second kappa shape index (κ2) is 5.75. The Morgan fingerprint density at radius 2 is 2.11 bits per heavy atom. The van der Waals surface area contributed by atoms with Crippen molar-refractivity contribution in [1.29, 1.82) is 0 Å².